The lowest BCUT2D eigenvalue weighted by molar-refractivity contribution is -0.220. The predicted octanol–water partition coefficient (Wildman–Crippen LogP) is 2.55. The summed E-state index contributed by atoms with van der Waals surface area (Å²) in [4.78, 5) is 0. The van der Waals surface area contributed by atoms with Crippen LogP contribution in [0.2, 0.25) is 0 Å². The minimum atomic E-state index is -0.280. The molecule has 1 saturated carbocycles. The third-order valence-electron chi connectivity index (χ3n) is 3.27. The van der Waals surface area contributed by atoms with Gasteiger partial charge in [-0.2, -0.15) is 0 Å². The molecule has 2 atom stereocenters. The third-order valence-corrected chi connectivity index (χ3v) is 3.62. The van der Waals surface area contributed by atoms with E-state index in [0.29, 0.717) is 18.4 Å². The Balaban J connectivity index is 1.99. The summed E-state index contributed by atoms with van der Waals surface area (Å²) in [7, 11) is 0. The van der Waals surface area contributed by atoms with Crippen LogP contribution >= 0.6 is 11.6 Å². The van der Waals surface area contributed by atoms with Crippen LogP contribution in [0.5, 0.6) is 0 Å². The van der Waals surface area contributed by atoms with Gasteiger partial charge in [-0.25, -0.2) is 0 Å². The van der Waals surface area contributed by atoms with E-state index in [1.807, 2.05) is 0 Å². The summed E-state index contributed by atoms with van der Waals surface area (Å²) < 4.78 is 11.7. The van der Waals surface area contributed by atoms with E-state index in [2.05, 4.69) is 6.92 Å². The van der Waals surface area contributed by atoms with Gasteiger partial charge in [0.2, 0.25) is 0 Å². The summed E-state index contributed by atoms with van der Waals surface area (Å²) in [5.74, 6) is 0.887. The van der Waals surface area contributed by atoms with Gasteiger partial charge >= 0.3 is 0 Å². The minimum absolute atomic E-state index is 0.113. The zero-order valence-electron chi connectivity index (χ0n) is 8.09. The van der Waals surface area contributed by atoms with Crippen molar-refractivity contribution in [2.45, 2.75) is 44.5 Å². The topological polar surface area (TPSA) is 18.5 Å². The molecule has 0 aromatic heterocycles. The summed E-state index contributed by atoms with van der Waals surface area (Å²) in [5.41, 5.74) is 0. The van der Waals surface area contributed by atoms with Crippen LogP contribution in [0.3, 0.4) is 0 Å². The summed E-state index contributed by atoms with van der Waals surface area (Å²) >= 11 is 5.75. The first-order valence-electron chi connectivity index (χ1n) is 5.18. The fourth-order valence-corrected chi connectivity index (χ4v) is 2.35. The zero-order valence-corrected chi connectivity index (χ0v) is 8.85. The Morgan fingerprint density at radius 2 is 2.23 bits per heavy atom. The molecule has 13 heavy (non-hydrogen) atoms. The number of alkyl halides is 1. The van der Waals surface area contributed by atoms with Crippen molar-refractivity contribution in [3.05, 3.63) is 0 Å². The second-order valence-corrected chi connectivity index (χ2v) is 4.31. The SMILES string of the molecule is CCC1(C2CCC2)OCC(CCl)O1. The van der Waals surface area contributed by atoms with Gasteiger partial charge in [-0.05, 0) is 19.3 Å². The molecule has 0 radical (unpaired) electrons. The molecule has 2 fully saturated rings. The molecule has 0 spiro atoms. The first-order valence-corrected chi connectivity index (χ1v) is 5.72. The molecule has 2 rings (SSSR count). The van der Waals surface area contributed by atoms with E-state index in [1.54, 1.807) is 0 Å². The van der Waals surface area contributed by atoms with Gasteiger partial charge in [0.05, 0.1) is 18.6 Å². The maximum atomic E-state index is 5.90. The molecule has 0 aromatic rings. The summed E-state index contributed by atoms with van der Waals surface area (Å²) in [6, 6.07) is 0. The highest BCUT2D eigenvalue weighted by atomic mass is 35.5. The second kappa shape index (κ2) is 3.76. The first kappa shape index (κ1) is 9.75. The number of rotatable bonds is 3. The van der Waals surface area contributed by atoms with Crippen molar-refractivity contribution in [2.24, 2.45) is 5.92 Å². The predicted molar refractivity (Wildman–Crippen MR) is 51.9 cm³/mol. The molecule has 2 aliphatic rings. The summed E-state index contributed by atoms with van der Waals surface area (Å²) in [6.45, 7) is 2.81. The highest BCUT2D eigenvalue weighted by molar-refractivity contribution is 6.18. The van der Waals surface area contributed by atoms with Crippen molar-refractivity contribution in [3.8, 4) is 0 Å². The molecule has 1 aliphatic carbocycles. The number of ether oxygens (including phenoxy) is 2. The molecule has 1 saturated heterocycles. The average Bonchev–Trinajstić information content (AvgIpc) is 2.47. The van der Waals surface area contributed by atoms with Crippen molar-refractivity contribution in [1.82, 2.24) is 0 Å². The molecule has 2 nitrogen and oxygen atoms in total. The molecule has 1 heterocycles. The maximum Gasteiger partial charge on any atom is 0.171 e. The lowest BCUT2D eigenvalue weighted by Gasteiger charge is -2.40. The van der Waals surface area contributed by atoms with E-state index >= 15 is 0 Å². The Labute approximate surface area is 84.5 Å². The minimum Gasteiger partial charge on any atom is -0.347 e. The van der Waals surface area contributed by atoms with E-state index in [9.17, 15) is 0 Å². The molecule has 1 aliphatic heterocycles. The van der Waals surface area contributed by atoms with E-state index < -0.39 is 0 Å². The fourth-order valence-electron chi connectivity index (χ4n) is 2.20. The van der Waals surface area contributed by atoms with Crippen LogP contribution in [-0.2, 0) is 9.47 Å². The van der Waals surface area contributed by atoms with E-state index in [-0.39, 0.29) is 11.9 Å². The van der Waals surface area contributed by atoms with Crippen LogP contribution in [-0.4, -0.2) is 24.4 Å². The molecule has 76 valence electrons. The van der Waals surface area contributed by atoms with Gasteiger partial charge in [-0.3, -0.25) is 0 Å². The normalized spacial score (nSPS) is 40.6. The van der Waals surface area contributed by atoms with Crippen molar-refractivity contribution < 1.29 is 9.47 Å². The lowest BCUT2D eigenvalue weighted by atomic mass is 9.78. The largest absolute Gasteiger partial charge is 0.347 e. The van der Waals surface area contributed by atoms with E-state index in [0.717, 1.165) is 6.42 Å². The van der Waals surface area contributed by atoms with Gasteiger partial charge in [0.15, 0.2) is 5.79 Å². The average molecular weight is 205 g/mol. The van der Waals surface area contributed by atoms with E-state index in [4.69, 9.17) is 21.1 Å². The second-order valence-electron chi connectivity index (χ2n) is 4.00. The van der Waals surface area contributed by atoms with Crippen LogP contribution in [0.15, 0.2) is 0 Å². The summed E-state index contributed by atoms with van der Waals surface area (Å²) in [6.07, 6.45) is 4.89. The number of hydrogen-bond donors (Lipinski definition) is 0. The number of hydrogen-bond acceptors (Lipinski definition) is 2. The van der Waals surface area contributed by atoms with Crippen LogP contribution < -0.4 is 0 Å². The highest BCUT2D eigenvalue weighted by Gasteiger charge is 2.48. The maximum absolute atomic E-state index is 5.90. The first-order chi connectivity index (χ1) is 6.30. The van der Waals surface area contributed by atoms with Gasteiger partial charge in [0, 0.05) is 5.92 Å². The van der Waals surface area contributed by atoms with E-state index in [1.165, 1.54) is 19.3 Å². The van der Waals surface area contributed by atoms with Crippen molar-refractivity contribution in [1.29, 1.82) is 0 Å². The van der Waals surface area contributed by atoms with Crippen molar-refractivity contribution in [2.75, 3.05) is 12.5 Å². The molecule has 0 bridgehead atoms. The Kier molecular flexibility index (Phi) is 2.82. The number of halogens is 1. The van der Waals surface area contributed by atoms with Crippen LogP contribution in [0.25, 0.3) is 0 Å². The molecule has 2 unspecified atom stereocenters. The van der Waals surface area contributed by atoms with Crippen molar-refractivity contribution in [3.63, 3.8) is 0 Å². The fraction of sp³-hybridized carbons (Fsp3) is 1.00. The van der Waals surface area contributed by atoms with Crippen LogP contribution in [0, 0.1) is 5.92 Å². The molecule has 0 aromatic carbocycles. The quantitative estimate of drug-likeness (QED) is 0.658. The highest BCUT2D eigenvalue weighted by Crippen LogP contribution is 2.44. The zero-order chi connectivity index (χ0) is 9.31. The molecule has 0 N–H and O–H groups in total. The van der Waals surface area contributed by atoms with Gasteiger partial charge in [-0.1, -0.05) is 13.3 Å². The van der Waals surface area contributed by atoms with Crippen LogP contribution in [0.1, 0.15) is 32.6 Å². The van der Waals surface area contributed by atoms with Crippen LogP contribution in [0.4, 0.5) is 0 Å². The van der Waals surface area contributed by atoms with Gasteiger partial charge in [0.25, 0.3) is 0 Å². The third kappa shape index (κ3) is 1.60. The Hall–Kier alpha value is 0.210. The Bertz CT molecular complexity index is 182. The smallest absolute Gasteiger partial charge is 0.171 e. The molecule has 3 heteroatoms. The van der Waals surface area contributed by atoms with Crippen molar-refractivity contribution >= 4 is 11.6 Å². The molecular formula is C10H17ClO2. The Morgan fingerprint density at radius 3 is 2.62 bits per heavy atom. The monoisotopic (exact) mass is 204 g/mol. The van der Waals surface area contributed by atoms with Gasteiger partial charge in [0.1, 0.15) is 0 Å². The standard InChI is InChI=1S/C10H17ClO2/c1-2-10(8-4-3-5-8)12-7-9(6-11)13-10/h8-9H,2-7H2,1H3. The lowest BCUT2D eigenvalue weighted by Crippen LogP contribution is -2.42. The Morgan fingerprint density at radius 1 is 1.46 bits per heavy atom. The summed E-state index contributed by atoms with van der Waals surface area (Å²) in [5, 5.41) is 0. The van der Waals surface area contributed by atoms with Gasteiger partial charge < -0.3 is 9.47 Å². The molecule has 0 amide bonds. The van der Waals surface area contributed by atoms with Gasteiger partial charge in [-0.15, -0.1) is 11.6 Å². The molecular weight excluding hydrogens is 188 g/mol.